The molecule has 2 N–H and O–H groups in total. The van der Waals surface area contributed by atoms with Gasteiger partial charge in [-0.3, -0.25) is 14.5 Å². The van der Waals surface area contributed by atoms with E-state index in [0.717, 1.165) is 17.8 Å². The van der Waals surface area contributed by atoms with Gasteiger partial charge in [-0.15, -0.1) is 0 Å². The molecule has 0 unspecified atom stereocenters. The lowest BCUT2D eigenvalue weighted by atomic mass is 10.0. The van der Waals surface area contributed by atoms with Crippen molar-refractivity contribution < 1.29 is 4.79 Å². The zero-order chi connectivity index (χ0) is 17.0. The molecule has 0 aliphatic carbocycles. The second-order valence-electron chi connectivity index (χ2n) is 6.41. The van der Waals surface area contributed by atoms with Crippen molar-refractivity contribution in [2.75, 3.05) is 0 Å². The number of nitrogens with zero attached hydrogens (tertiary/aromatic N) is 2. The molecule has 1 heterocycles. The summed E-state index contributed by atoms with van der Waals surface area (Å²) in [6.45, 7) is 8.64. The number of rotatable bonds is 6. The molecule has 0 spiro atoms. The highest BCUT2D eigenvalue weighted by Gasteiger charge is 2.18. The molecule has 1 amide bonds. The van der Waals surface area contributed by atoms with Gasteiger partial charge in [0.05, 0.1) is 0 Å². The van der Waals surface area contributed by atoms with Gasteiger partial charge < -0.3 is 5.32 Å². The minimum absolute atomic E-state index is 0.0230. The van der Waals surface area contributed by atoms with Crippen molar-refractivity contribution in [3.05, 3.63) is 34.6 Å². The quantitative estimate of drug-likeness (QED) is 0.794. The molecule has 124 valence electrons. The van der Waals surface area contributed by atoms with Crippen LogP contribution in [0.1, 0.15) is 39.2 Å². The normalized spacial score (nSPS) is 11.5. The number of H-pyrrole nitrogens is 1. The molecular weight excluding hydrogens is 308 g/mol. The number of aryl methyl sites for hydroxylation is 1. The minimum atomic E-state index is -0.186. The van der Waals surface area contributed by atoms with Crippen LogP contribution in [-0.2, 0) is 11.3 Å². The van der Waals surface area contributed by atoms with Gasteiger partial charge in [0.2, 0.25) is 5.91 Å². The molecule has 0 bridgehead atoms. The molecule has 0 fully saturated rings. The van der Waals surface area contributed by atoms with Gasteiger partial charge in [0, 0.05) is 24.1 Å². The van der Waals surface area contributed by atoms with Gasteiger partial charge in [-0.1, -0.05) is 36.8 Å². The molecule has 0 atom stereocenters. The standard InChI is InChI=1S/C17H24N4OS/c1-5-17(3,4)18-14(22)10-11-21-15(19-20-16(21)23)13-8-6-12(2)7-9-13/h6-9H,5,10-11H2,1-4H3,(H,18,22)(H,20,23). The van der Waals surface area contributed by atoms with Crippen molar-refractivity contribution in [3.8, 4) is 11.4 Å². The van der Waals surface area contributed by atoms with Crippen LogP contribution in [0, 0.1) is 11.7 Å². The monoisotopic (exact) mass is 332 g/mol. The molecule has 0 aliphatic rings. The molecule has 1 aromatic heterocycles. The Morgan fingerprint density at radius 2 is 2.00 bits per heavy atom. The zero-order valence-electron chi connectivity index (χ0n) is 14.1. The summed E-state index contributed by atoms with van der Waals surface area (Å²) in [5.74, 6) is 0.785. The van der Waals surface area contributed by atoms with Crippen LogP contribution >= 0.6 is 12.2 Å². The van der Waals surface area contributed by atoms with E-state index in [2.05, 4.69) is 22.4 Å². The summed E-state index contributed by atoms with van der Waals surface area (Å²) in [5.41, 5.74) is 1.99. The van der Waals surface area contributed by atoms with Gasteiger partial charge in [0.15, 0.2) is 10.6 Å². The third kappa shape index (κ3) is 4.51. The Bertz CT molecular complexity index is 728. The Balaban J connectivity index is 2.12. The second-order valence-corrected chi connectivity index (χ2v) is 6.79. The number of benzene rings is 1. The summed E-state index contributed by atoms with van der Waals surface area (Å²) in [7, 11) is 0. The van der Waals surface area contributed by atoms with E-state index >= 15 is 0 Å². The lowest BCUT2D eigenvalue weighted by Gasteiger charge is -2.24. The zero-order valence-corrected chi connectivity index (χ0v) is 15.0. The summed E-state index contributed by atoms with van der Waals surface area (Å²) in [6, 6.07) is 8.09. The molecule has 0 radical (unpaired) electrons. The first-order valence-electron chi connectivity index (χ1n) is 7.85. The predicted octanol–water partition coefficient (Wildman–Crippen LogP) is 3.61. The van der Waals surface area contributed by atoms with Gasteiger partial charge >= 0.3 is 0 Å². The van der Waals surface area contributed by atoms with Crippen LogP contribution in [0.3, 0.4) is 0 Å². The molecular formula is C17H24N4OS. The fourth-order valence-corrected chi connectivity index (χ4v) is 2.41. The maximum atomic E-state index is 12.1. The van der Waals surface area contributed by atoms with E-state index in [1.54, 1.807) is 0 Å². The van der Waals surface area contributed by atoms with E-state index < -0.39 is 0 Å². The first kappa shape index (κ1) is 17.4. The van der Waals surface area contributed by atoms with E-state index in [-0.39, 0.29) is 11.4 Å². The van der Waals surface area contributed by atoms with Gasteiger partial charge in [0.1, 0.15) is 0 Å². The van der Waals surface area contributed by atoms with Crippen LogP contribution < -0.4 is 5.32 Å². The number of aromatic nitrogens is 3. The van der Waals surface area contributed by atoms with Gasteiger partial charge in [-0.05, 0) is 39.4 Å². The number of hydrogen-bond acceptors (Lipinski definition) is 3. The van der Waals surface area contributed by atoms with Gasteiger partial charge in [0.25, 0.3) is 0 Å². The first-order chi connectivity index (χ1) is 10.8. The number of carbonyl (C=O) groups is 1. The highest BCUT2D eigenvalue weighted by Crippen LogP contribution is 2.18. The van der Waals surface area contributed by atoms with Gasteiger partial charge in [-0.2, -0.15) is 5.10 Å². The first-order valence-corrected chi connectivity index (χ1v) is 8.26. The SMILES string of the molecule is CCC(C)(C)NC(=O)CCn1c(-c2ccc(C)cc2)n[nH]c1=S. The van der Waals surface area contributed by atoms with Crippen molar-refractivity contribution in [1.82, 2.24) is 20.1 Å². The summed E-state index contributed by atoms with van der Waals surface area (Å²) in [4.78, 5) is 12.1. The molecule has 23 heavy (non-hydrogen) atoms. The summed E-state index contributed by atoms with van der Waals surface area (Å²) >= 11 is 5.30. The van der Waals surface area contributed by atoms with E-state index in [0.29, 0.717) is 17.7 Å². The van der Waals surface area contributed by atoms with Crippen LogP contribution in [0.25, 0.3) is 11.4 Å². The lowest BCUT2D eigenvalue weighted by Crippen LogP contribution is -2.43. The second kappa shape index (κ2) is 7.08. The third-order valence-corrected chi connectivity index (χ3v) is 4.30. The number of aromatic amines is 1. The molecule has 0 aliphatic heterocycles. The van der Waals surface area contributed by atoms with E-state index in [9.17, 15) is 4.79 Å². The Hall–Kier alpha value is -1.95. The van der Waals surface area contributed by atoms with E-state index in [4.69, 9.17) is 12.2 Å². The molecule has 5 nitrogen and oxygen atoms in total. The van der Waals surface area contributed by atoms with Crippen molar-refractivity contribution in [1.29, 1.82) is 0 Å². The highest BCUT2D eigenvalue weighted by molar-refractivity contribution is 7.71. The van der Waals surface area contributed by atoms with Crippen molar-refractivity contribution in [2.24, 2.45) is 0 Å². The average molecular weight is 332 g/mol. The van der Waals surface area contributed by atoms with Crippen molar-refractivity contribution >= 4 is 18.1 Å². The molecule has 0 saturated heterocycles. The topological polar surface area (TPSA) is 62.7 Å². The van der Waals surface area contributed by atoms with Crippen LogP contribution in [0.4, 0.5) is 0 Å². The van der Waals surface area contributed by atoms with E-state index in [1.807, 2.05) is 49.6 Å². The maximum Gasteiger partial charge on any atom is 0.222 e. The molecule has 0 saturated carbocycles. The molecule has 2 aromatic rings. The Morgan fingerprint density at radius 3 is 2.61 bits per heavy atom. The van der Waals surface area contributed by atoms with Crippen LogP contribution in [0.15, 0.2) is 24.3 Å². The lowest BCUT2D eigenvalue weighted by molar-refractivity contribution is -0.122. The molecule has 6 heteroatoms. The summed E-state index contributed by atoms with van der Waals surface area (Å²) in [5, 5.41) is 10.2. The number of amides is 1. The van der Waals surface area contributed by atoms with Crippen LogP contribution in [-0.4, -0.2) is 26.2 Å². The number of carbonyl (C=O) groups excluding carboxylic acids is 1. The fraction of sp³-hybridized carbons (Fsp3) is 0.471. The fourth-order valence-electron chi connectivity index (χ4n) is 2.19. The number of nitrogens with one attached hydrogen (secondary N) is 2. The average Bonchev–Trinajstić information content (AvgIpc) is 2.86. The molecule has 2 rings (SSSR count). The highest BCUT2D eigenvalue weighted by atomic mass is 32.1. The number of hydrogen-bond donors (Lipinski definition) is 2. The maximum absolute atomic E-state index is 12.1. The largest absolute Gasteiger partial charge is 0.351 e. The van der Waals surface area contributed by atoms with Crippen molar-refractivity contribution in [2.45, 2.75) is 52.6 Å². The predicted molar refractivity (Wildman–Crippen MR) is 94.7 cm³/mol. The van der Waals surface area contributed by atoms with E-state index in [1.165, 1.54) is 5.56 Å². The molecule has 1 aromatic carbocycles. The summed E-state index contributed by atoms with van der Waals surface area (Å²) in [6.07, 6.45) is 1.26. The van der Waals surface area contributed by atoms with Crippen LogP contribution in [0.2, 0.25) is 0 Å². The van der Waals surface area contributed by atoms with Crippen LogP contribution in [0.5, 0.6) is 0 Å². The Labute approximate surface area is 142 Å². The minimum Gasteiger partial charge on any atom is -0.351 e. The van der Waals surface area contributed by atoms with Crippen molar-refractivity contribution in [3.63, 3.8) is 0 Å². The summed E-state index contributed by atoms with van der Waals surface area (Å²) < 4.78 is 2.40. The van der Waals surface area contributed by atoms with Gasteiger partial charge in [-0.25, -0.2) is 0 Å². The Morgan fingerprint density at radius 1 is 1.35 bits per heavy atom. The Kier molecular flexibility index (Phi) is 5.36. The third-order valence-electron chi connectivity index (χ3n) is 3.99. The smallest absolute Gasteiger partial charge is 0.222 e.